The predicted molar refractivity (Wildman–Crippen MR) is 123 cm³/mol. The number of nitrogens with zero attached hydrogens (tertiary/aromatic N) is 3. The predicted octanol–water partition coefficient (Wildman–Crippen LogP) is 4.39. The molecule has 0 amide bonds. The van der Waals surface area contributed by atoms with E-state index in [0.717, 1.165) is 45.7 Å². The Morgan fingerprint density at radius 1 is 1.00 bits per heavy atom. The number of aromatic carboxylic acids is 1. The molecule has 0 atom stereocenters. The highest BCUT2D eigenvalue weighted by Gasteiger charge is 2.15. The fraction of sp³-hybridized carbons (Fsp3) is 0.400. The molecule has 6 heteroatoms. The van der Waals surface area contributed by atoms with E-state index in [1.54, 1.807) is 24.3 Å². The maximum absolute atomic E-state index is 11.2. The molecule has 3 aromatic rings. The number of carboxylic acids is 1. The van der Waals surface area contributed by atoms with Gasteiger partial charge < -0.3 is 24.2 Å². The van der Waals surface area contributed by atoms with E-state index in [0.29, 0.717) is 11.5 Å². The van der Waals surface area contributed by atoms with Crippen LogP contribution in [-0.2, 0) is 6.54 Å². The number of aryl methyl sites for hydroxylation is 2. The van der Waals surface area contributed by atoms with Crippen molar-refractivity contribution in [3.63, 3.8) is 0 Å². The first-order valence-corrected chi connectivity index (χ1v) is 10.9. The molecule has 0 bridgehead atoms. The summed E-state index contributed by atoms with van der Waals surface area (Å²) in [5.74, 6) is 0.286. The molecular formula is C25H31N3O3. The molecule has 1 aliphatic rings. The van der Waals surface area contributed by atoms with E-state index < -0.39 is 5.97 Å². The SMILES string of the molecule is Cc1c(C)n(CCCN2CCN(C)CC2)c2ccc(Oc3cccc(C(=O)O)c3)cc12. The second-order valence-corrected chi connectivity index (χ2v) is 8.47. The molecule has 2 aromatic carbocycles. The minimum atomic E-state index is -0.957. The zero-order valence-corrected chi connectivity index (χ0v) is 18.6. The Morgan fingerprint density at radius 2 is 1.74 bits per heavy atom. The van der Waals surface area contributed by atoms with Crippen LogP contribution in [0.4, 0.5) is 0 Å². The summed E-state index contributed by atoms with van der Waals surface area (Å²) in [6.45, 7) is 11.1. The van der Waals surface area contributed by atoms with Crippen molar-refractivity contribution < 1.29 is 14.6 Å². The summed E-state index contributed by atoms with van der Waals surface area (Å²) in [5.41, 5.74) is 4.00. The number of carbonyl (C=O) groups is 1. The van der Waals surface area contributed by atoms with Crippen LogP contribution in [0, 0.1) is 13.8 Å². The highest BCUT2D eigenvalue weighted by Crippen LogP contribution is 2.31. The molecule has 4 rings (SSSR count). The van der Waals surface area contributed by atoms with E-state index in [-0.39, 0.29) is 5.56 Å². The molecule has 1 fully saturated rings. The molecule has 1 aromatic heterocycles. The zero-order valence-electron chi connectivity index (χ0n) is 18.6. The number of hydrogen-bond acceptors (Lipinski definition) is 4. The van der Waals surface area contributed by atoms with Crippen LogP contribution in [0.1, 0.15) is 28.0 Å². The van der Waals surface area contributed by atoms with Crippen LogP contribution in [0.15, 0.2) is 42.5 Å². The van der Waals surface area contributed by atoms with Crippen molar-refractivity contribution >= 4 is 16.9 Å². The van der Waals surface area contributed by atoms with Gasteiger partial charge in [0.15, 0.2) is 0 Å². The fourth-order valence-corrected chi connectivity index (χ4v) is 4.33. The quantitative estimate of drug-likeness (QED) is 0.613. The maximum Gasteiger partial charge on any atom is 0.335 e. The number of fused-ring (bicyclic) bond motifs is 1. The molecule has 1 saturated heterocycles. The van der Waals surface area contributed by atoms with Crippen molar-refractivity contribution in [2.24, 2.45) is 0 Å². The normalized spacial score (nSPS) is 15.5. The largest absolute Gasteiger partial charge is 0.478 e. The van der Waals surface area contributed by atoms with Gasteiger partial charge in [-0.1, -0.05) is 6.07 Å². The lowest BCUT2D eigenvalue weighted by Crippen LogP contribution is -2.44. The van der Waals surface area contributed by atoms with Crippen LogP contribution < -0.4 is 4.74 Å². The average Bonchev–Trinajstić information content (AvgIpc) is 3.00. The van der Waals surface area contributed by atoms with E-state index in [9.17, 15) is 9.90 Å². The molecule has 1 N–H and O–H groups in total. The van der Waals surface area contributed by atoms with Gasteiger partial charge in [0.05, 0.1) is 5.56 Å². The van der Waals surface area contributed by atoms with Crippen molar-refractivity contribution in [2.45, 2.75) is 26.8 Å². The number of hydrogen-bond donors (Lipinski definition) is 1. The number of piperazine rings is 1. The standard InChI is InChI=1S/C25H31N3O3/c1-18-19(2)28(11-5-10-27-14-12-26(3)13-15-27)24-9-8-22(17-23(18)24)31-21-7-4-6-20(16-21)25(29)30/h4,6-9,16-17H,5,10-15H2,1-3H3,(H,29,30). The second-order valence-electron chi connectivity index (χ2n) is 8.47. The lowest BCUT2D eigenvalue weighted by molar-refractivity contribution is 0.0696. The maximum atomic E-state index is 11.2. The summed E-state index contributed by atoms with van der Waals surface area (Å²) >= 11 is 0. The van der Waals surface area contributed by atoms with Crippen molar-refractivity contribution in [1.29, 1.82) is 0 Å². The molecule has 0 saturated carbocycles. The lowest BCUT2D eigenvalue weighted by Gasteiger charge is -2.32. The van der Waals surface area contributed by atoms with Crippen LogP contribution in [0.25, 0.3) is 10.9 Å². The molecule has 0 radical (unpaired) electrons. The Morgan fingerprint density at radius 3 is 2.48 bits per heavy atom. The molecule has 2 heterocycles. The zero-order chi connectivity index (χ0) is 22.0. The topological polar surface area (TPSA) is 57.9 Å². The molecule has 31 heavy (non-hydrogen) atoms. The van der Waals surface area contributed by atoms with Crippen molar-refractivity contribution in [3.05, 3.63) is 59.3 Å². The fourth-order valence-electron chi connectivity index (χ4n) is 4.33. The minimum absolute atomic E-state index is 0.220. The third-order valence-electron chi connectivity index (χ3n) is 6.38. The first kappa shape index (κ1) is 21.4. The van der Waals surface area contributed by atoms with Gasteiger partial charge in [0, 0.05) is 49.3 Å². The average molecular weight is 422 g/mol. The van der Waals surface area contributed by atoms with Crippen molar-refractivity contribution in [3.8, 4) is 11.5 Å². The molecule has 6 nitrogen and oxygen atoms in total. The number of carboxylic acid groups (broad SMARTS) is 1. The number of benzene rings is 2. The first-order valence-electron chi connectivity index (χ1n) is 10.9. The van der Waals surface area contributed by atoms with Crippen LogP contribution in [0.3, 0.4) is 0 Å². The molecule has 164 valence electrons. The van der Waals surface area contributed by atoms with Gasteiger partial charge in [-0.2, -0.15) is 0 Å². The van der Waals surface area contributed by atoms with E-state index >= 15 is 0 Å². The Kier molecular flexibility index (Phi) is 6.30. The van der Waals surface area contributed by atoms with Crippen LogP contribution in [-0.4, -0.2) is 65.2 Å². The van der Waals surface area contributed by atoms with E-state index in [1.807, 2.05) is 6.07 Å². The number of likely N-dealkylation sites (N-methyl/N-ethyl adjacent to an activating group) is 1. The van der Waals surface area contributed by atoms with Gasteiger partial charge in [0.2, 0.25) is 0 Å². The molecule has 0 aliphatic carbocycles. The summed E-state index contributed by atoms with van der Waals surface area (Å²) < 4.78 is 8.38. The Labute approximate surface area is 183 Å². The number of ether oxygens (including phenoxy) is 1. The van der Waals surface area contributed by atoms with Crippen molar-refractivity contribution in [1.82, 2.24) is 14.4 Å². The minimum Gasteiger partial charge on any atom is -0.478 e. The van der Waals surface area contributed by atoms with Crippen molar-refractivity contribution in [2.75, 3.05) is 39.8 Å². The van der Waals surface area contributed by atoms with Gasteiger partial charge in [-0.25, -0.2) is 4.79 Å². The van der Waals surface area contributed by atoms with Gasteiger partial charge in [0.25, 0.3) is 0 Å². The summed E-state index contributed by atoms with van der Waals surface area (Å²) in [4.78, 5) is 16.2. The highest BCUT2D eigenvalue weighted by atomic mass is 16.5. The van der Waals surface area contributed by atoms with Crippen LogP contribution >= 0.6 is 0 Å². The summed E-state index contributed by atoms with van der Waals surface area (Å²) in [7, 11) is 2.19. The van der Waals surface area contributed by atoms with Crippen LogP contribution in [0.2, 0.25) is 0 Å². The Bertz CT molecular complexity index is 1080. The molecule has 1 aliphatic heterocycles. The van der Waals surface area contributed by atoms with Gasteiger partial charge in [-0.3, -0.25) is 0 Å². The van der Waals surface area contributed by atoms with E-state index in [2.05, 4.69) is 47.4 Å². The third kappa shape index (κ3) is 4.75. The van der Waals surface area contributed by atoms with Crippen LogP contribution in [0.5, 0.6) is 11.5 Å². The highest BCUT2D eigenvalue weighted by molar-refractivity contribution is 5.88. The van der Waals surface area contributed by atoms with Gasteiger partial charge >= 0.3 is 5.97 Å². The van der Waals surface area contributed by atoms with Gasteiger partial charge in [0.1, 0.15) is 11.5 Å². The smallest absolute Gasteiger partial charge is 0.335 e. The first-order chi connectivity index (χ1) is 14.9. The molecule has 0 unspecified atom stereocenters. The lowest BCUT2D eigenvalue weighted by atomic mass is 10.1. The monoisotopic (exact) mass is 421 g/mol. The molecule has 0 spiro atoms. The Hall–Kier alpha value is -2.83. The number of aromatic nitrogens is 1. The van der Waals surface area contributed by atoms with Gasteiger partial charge in [-0.05, 0) is 75.8 Å². The molecular weight excluding hydrogens is 390 g/mol. The third-order valence-corrected chi connectivity index (χ3v) is 6.38. The Balaban J connectivity index is 1.48. The summed E-state index contributed by atoms with van der Waals surface area (Å²) in [5, 5.41) is 10.4. The summed E-state index contributed by atoms with van der Waals surface area (Å²) in [6.07, 6.45) is 1.13. The second kappa shape index (κ2) is 9.12. The van der Waals surface area contributed by atoms with E-state index in [1.165, 1.54) is 22.2 Å². The summed E-state index contributed by atoms with van der Waals surface area (Å²) in [6, 6.07) is 12.7. The van der Waals surface area contributed by atoms with E-state index in [4.69, 9.17) is 4.74 Å². The van der Waals surface area contributed by atoms with Gasteiger partial charge in [-0.15, -0.1) is 0 Å². The number of rotatable bonds is 7.